The van der Waals surface area contributed by atoms with E-state index in [-0.39, 0.29) is 5.78 Å². The van der Waals surface area contributed by atoms with Crippen LogP contribution in [-0.4, -0.2) is 5.78 Å². The molecule has 0 aliphatic rings. The van der Waals surface area contributed by atoms with Gasteiger partial charge >= 0.3 is 0 Å². The van der Waals surface area contributed by atoms with Crippen LogP contribution in [0.5, 0.6) is 0 Å². The van der Waals surface area contributed by atoms with Gasteiger partial charge in [0.25, 0.3) is 0 Å². The highest BCUT2D eigenvalue weighted by molar-refractivity contribution is 5.82. The van der Waals surface area contributed by atoms with Crippen LogP contribution in [0.4, 0.5) is 0 Å². The zero-order chi connectivity index (χ0) is 9.30. The first-order valence-corrected chi connectivity index (χ1v) is 3.85. The van der Waals surface area contributed by atoms with Gasteiger partial charge in [-0.2, -0.15) is 0 Å². The molecule has 0 aliphatic carbocycles. The Morgan fingerprint density at radius 2 is 2.17 bits per heavy atom. The van der Waals surface area contributed by atoms with E-state index in [1.165, 1.54) is 6.92 Å². The third-order valence-electron chi connectivity index (χ3n) is 1.85. The molecule has 3 nitrogen and oxygen atoms in total. The SMILES string of the molecule is CC(=O)C(N)c1cc(C)oc1C. The number of furan rings is 1. The van der Waals surface area contributed by atoms with Crippen LogP contribution in [0.15, 0.2) is 10.5 Å². The molecule has 0 aliphatic heterocycles. The summed E-state index contributed by atoms with van der Waals surface area (Å²) in [6.45, 7) is 5.13. The van der Waals surface area contributed by atoms with Crippen LogP contribution >= 0.6 is 0 Å². The summed E-state index contributed by atoms with van der Waals surface area (Å²) in [6, 6.07) is 1.27. The molecule has 1 atom stereocenters. The fourth-order valence-corrected chi connectivity index (χ4v) is 1.18. The monoisotopic (exact) mass is 167 g/mol. The number of Topliss-reactive ketones (excluding diaryl/α,β-unsaturated/α-hetero) is 1. The number of carbonyl (C=O) groups is 1. The van der Waals surface area contributed by atoms with Crippen LogP contribution in [-0.2, 0) is 4.79 Å². The van der Waals surface area contributed by atoms with E-state index in [1.807, 2.05) is 13.8 Å². The van der Waals surface area contributed by atoms with Gasteiger partial charge in [-0.1, -0.05) is 0 Å². The maximum Gasteiger partial charge on any atom is 0.151 e. The largest absolute Gasteiger partial charge is 0.466 e. The third-order valence-corrected chi connectivity index (χ3v) is 1.85. The second-order valence-electron chi connectivity index (χ2n) is 2.96. The van der Waals surface area contributed by atoms with Crippen molar-refractivity contribution < 1.29 is 9.21 Å². The van der Waals surface area contributed by atoms with Gasteiger partial charge in [0.05, 0.1) is 6.04 Å². The van der Waals surface area contributed by atoms with Crippen molar-refractivity contribution in [3.05, 3.63) is 23.2 Å². The highest BCUT2D eigenvalue weighted by atomic mass is 16.3. The lowest BCUT2D eigenvalue weighted by Crippen LogP contribution is -2.18. The van der Waals surface area contributed by atoms with Crippen molar-refractivity contribution in [1.29, 1.82) is 0 Å². The smallest absolute Gasteiger partial charge is 0.151 e. The number of hydrogen-bond acceptors (Lipinski definition) is 3. The van der Waals surface area contributed by atoms with E-state index in [2.05, 4.69) is 0 Å². The average molecular weight is 167 g/mol. The second-order valence-corrected chi connectivity index (χ2v) is 2.96. The fraction of sp³-hybridized carbons (Fsp3) is 0.444. The van der Waals surface area contributed by atoms with Gasteiger partial charge in [0, 0.05) is 5.56 Å². The topological polar surface area (TPSA) is 56.2 Å². The van der Waals surface area contributed by atoms with E-state index in [9.17, 15) is 4.79 Å². The van der Waals surface area contributed by atoms with Gasteiger partial charge < -0.3 is 10.2 Å². The Balaban J connectivity index is 3.02. The highest BCUT2D eigenvalue weighted by Gasteiger charge is 2.16. The first-order valence-electron chi connectivity index (χ1n) is 3.85. The lowest BCUT2D eigenvalue weighted by atomic mass is 10.1. The number of rotatable bonds is 2. The molecule has 0 bridgehead atoms. The molecule has 1 rings (SSSR count). The van der Waals surface area contributed by atoms with Crippen LogP contribution in [0.25, 0.3) is 0 Å². The quantitative estimate of drug-likeness (QED) is 0.725. The minimum absolute atomic E-state index is 0.0427. The molecule has 0 fully saturated rings. The molecule has 1 aromatic rings. The summed E-state index contributed by atoms with van der Waals surface area (Å²) >= 11 is 0. The molecule has 0 saturated carbocycles. The van der Waals surface area contributed by atoms with Crippen molar-refractivity contribution in [1.82, 2.24) is 0 Å². The minimum Gasteiger partial charge on any atom is -0.466 e. The molecular formula is C9H13NO2. The predicted octanol–water partition coefficient (Wildman–Crippen LogP) is 1.49. The van der Waals surface area contributed by atoms with Gasteiger partial charge in [-0.05, 0) is 26.8 Å². The molecule has 2 N–H and O–H groups in total. The van der Waals surface area contributed by atoms with Crippen LogP contribution in [0, 0.1) is 13.8 Å². The highest BCUT2D eigenvalue weighted by Crippen LogP contribution is 2.20. The average Bonchev–Trinajstić information content (AvgIpc) is 2.28. The van der Waals surface area contributed by atoms with E-state index in [0.717, 1.165) is 17.1 Å². The molecule has 12 heavy (non-hydrogen) atoms. The van der Waals surface area contributed by atoms with Crippen LogP contribution in [0.3, 0.4) is 0 Å². The van der Waals surface area contributed by atoms with Crippen LogP contribution in [0.1, 0.15) is 30.0 Å². The van der Waals surface area contributed by atoms with Gasteiger partial charge in [-0.25, -0.2) is 0 Å². The number of nitrogens with two attached hydrogens (primary N) is 1. The second kappa shape index (κ2) is 3.11. The molecule has 1 heterocycles. The van der Waals surface area contributed by atoms with Crippen molar-refractivity contribution in [2.45, 2.75) is 26.8 Å². The molecule has 1 unspecified atom stereocenters. The van der Waals surface area contributed by atoms with Crippen molar-refractivity contribution in [2.24, 2.45) is 5.73 Å². The first-order chi connectivity index (χ1) is 5.52. The van der Waals surface area contributed by atoms with E-state index in [4.69, 9.17) is 10.2 Å². The van der Waals surface area contributed by atoms with E-state index < -0.39 is 6.04 Å². The fourth-order valence-electron chi connectivity index (χ4n) is 1.18. The summed E-state index contributed by atoms with van der Waals surface area (Å²) in [6.07, 6.45) is 0. The van der Waals surface area contributed by atoms with Gasteiger partial charge in [-0.15, -0.1) is 0 Å². The molecule has 0 saturated heterocycles. The Hall–Kier alpha value is -1.09. The molecule has 1 aromatic heterocycles. The van der Waals surface area contributed by atoms with Gasteiger partial charge in [0.15, 0.2) is 5.78 Å². The third kappa shape index (κ3) is 1.56. The van der Waals surface area contributed by atoms with Crippen molar-refractivity contribution >= 4 is 5.78 Å². The zero-order valence-electron chi connectivity index (χ0n) is 7.55. The Morgan fingerprint density at radius 1 is 1.58 bits per heavy atom. The molecule has 3 heteroatoms. The first kappa shape index (κ1) is 9.00. The summed E-state index contributed by atoms with van der Waals surface area (Å²) in [5, 5.41) is 0. The Bertz CT molecular complexity index is 301. The molecular weight excluding hydrogens is 154 g/mol. The molecule has 0 aromatic carbocycles. The summed E-state index contributed by atoms with van der Waals surface area (Å²) < 4.78 is 5.25. The molecule has 66 valence electrons. The summed E-state index contributed by atoms with van der Waals surface area (Å²) in [7, 11) is 0. The predicted molar refractivity (Wildman–Crippen MR) is 45.8 cm³/mol. The van der Waals surface area contributed by atoms with Crippen LogP contribution < -0.4 is 5.73 Å². The normalized spacial score (nSPS) is 13.0. The van der Waals surface area contributed by atoms with Gasteiger partial charge in [0.1, 0.15) is 11.5 Å². The molecule has 0 radical (unpaired) electrons. The number of hydrogen-bond donors (Lipinski definition) is 1. The zero-order valence-corrected chi connectivity index (χ0v) is 7.55. The molecule has 0 spiro atoms. The maximum atomic E-state index is 10.9. The Kier molecular flexibility index (Phi) is 2.33. The lowest BCUT2D eigenvalue weighted by molar-refractivity contribution is -0.118. The summed E-state index contributed by atoms with van der Waals surface area (Å²) in [5.41, 5.74) is 6.43. The maximum absolute atomic E-state index is 10.9. The summed E-state index contributed by atoms with van der Waals surface area (Å²) in [4.78, 5) is 10.9. The van der Waals surface area contributed by atoms with E-state index >= 15 is 0 Å². The number of ketones is 1. The Labute approximate surface area is 71.6 Å². The van der Waals surface area contributed by atoms with Crippen molar-refractivity contribution in [3.63, 3.8) is 0 Å². The molecule has 0 amide bonds. The van der Waals surface area contributed by atoms with E-state index in [0.29, 0.717) is 0 Å². The van der Waals surface area contributed by atoms with Crippen molar-refractivity contribution in [2.75, 3.05) is 0 Å². The van der Waals surface area contributed by atoms with Crippen LogP contribution in [0.2, 0.25) is 0 Å². The van der Waals surface area contributed by atoms with E-state index in [1.54, 1.807) is 6.07 Å². The Morgan fingerprint density at radius 3 is 2.50 bits per heavy atom. The number of aryl methyl sites for hydroxylation is 2. The number of carbonyl (C=O) groups excluding carboxylic acids is 1. The lowest BCUT2D eigenvalue weighted by Gasteiger charge is -2.04. The van der Waals surface area contributed by atoms with Gasteiger partial charge in [-0.3, -0.25) is 4.79 Å². The summed E-state index contributed by atoms with van der Waals surface area (Å²) in [5.74, 6) is 1.48. The van der Waals surface area contributed by atoms with Gasteiger partial charge in [0.2, 0.25) is 0 Å². The standard InChI is InChI=1S/C9H13NO2/c1-5-4-8(7(3)12-5)9(10)6(2)11/h4,9H,10H2,1-3H3. The van der Waals surface area contributed by atoms with Crippen molar-refractivity contribution in [3.8, 4) is 0 Å². The minimum atomic E-state index is -0.539.